The van der Waals surface area contributed by atoms with Crippen molar-refractivity contribution >= 4 is 5.69 Å². The van der Waals surface area contributed by atoms with E-state index in [1.165, 1.54) is 0 Å². The fourth-order valence-electron chi connectivity index (χ4n) is 2.16. The summed E-state index contributed by atoms with van der Waals surface area (Å²) >= 11 is 0. The molecular weight excluding hydrogens is 256 g/mol. The summed E-state index contributed by atoms with van der Waals surface area (Å²) in [6.07, 6.45) is 4.36. The van der Waals surface area contributed by atoms with Gasteiger partial charge in [-0.25, -0.2) is 0 Å². The normalized spacial score (nSPS) is 12.2. The molecule has 2 rings (SSSR count). The number of hydrogen-bond donors (Lipinski definition) is 1. The Morgan fingerprint density at radius 2 is 2.05 bits per heavy atom. The van der Waals surface area contributed by atoms with E-state index in [9.17, 15) is 10.1 Å². The van der Waals surface area contributed by atoms with Crippen LogP contribution in [0.3, 0.4) is 0 Å². The van der Waals surface area contributed by atoms with Crippen LogP contribution in [0.2, 0.25) is 0 Å². The zero-order chi connectivity index (χ0) is 14.4. The third-order valence-corrected chi connectivity index (χ3v) is 3.36. The highest BCUT2D eigenvalue weighted by molar-refractivity contribution is 5.33. The molecule has 0 saturated carbocycles. The highest BCUT2D eigenvalue weighted by Crippen LogP contribution is 2.15. The number of aryl methyl sites for hydroxylation is 1. The second-order valence-electron chi connectivity index (χ2n) is 4.73. The lowest BCUT2D eigenvalue weighted by Gasteiger charge is -2.15. The Kier molecular flexibility index (Phi) is 4.90. The minimum atomic E-state index is -0.379. The van der Waals surface area contributed by atoms with Crippen molar-refractivity contribution in [2.75, 3.05) is 7.05 Å². The molecule has 1 unspecified atom stereocenters. The van der Waals surface area contributed by atoms with Crippen LogP contribution in [0.5, 0.6) is 0 Å². The molecule has 0 fully saturated rings. The molecule has 5 nitrogen and oxygen atoms in total. The number of nitrogens with one attached hydrogen (secondary N) is 1. The van der Waals surface area contributed by atoms with Gasteiger partial charge in [-0.3, -0.25) is 10.1 Å². The highest BCUT2D eigenvalue weighted by atomic mass is 16.6. The maximum atomic E-state index is 10.6. The molecule has 1 atom stereocenters. The molecule has 1 aromatic heterocycles. The van der Waals surface area contributed by atoms with Crippen LogP contribution in [0, 0.1) is 10.1 Å². The third kappa shape index (κ3) is 3.93. The summed E-state index contributed by atoms with van der Waals surface area (Å²) in [6, 6.07) is 10.9. The van der Waals surface area contributed by atoms with Crippen LogP contribution in [-0.2, 0) is 12.8 Å². The Morgan fingerprint density at radius 1 is 1.30 bits per heavy atom. The van der Waals surface area contributed by atoms with Crippen molar-refractivity contribution in [2.24, 2.45) is 0 Å². The topological polar surface area (TPSA) is 68.3 Å². The minimum absolute atomic E-state index is 0.130. The van der Waals surface area contributed by atoms with Crippen LogP contribution in [0.1, 0.15) is 17.7 Å². The van der Waals surface area contributed by atoms with E-state index in [0.717, 1.165) is 30.6 Å². The quantitative estimate of drug-likeness (QED) is 0.622. The smallest absolute Gasteiger partial charge is 0.269 e. The molecule has 106 valence electrons. The first-order chi connectivity index (χ1) is 9.69. The van der Waals surface area contributed by atoms with Crippen molar-refractivity contribution in [3.05, 3.63) is 64.1 Å². The van der Waals surface area contributed by atoms with E-state index in [0.29, 0.717) is 6.04 Å². The summed E-state index contributed by atoms with van der Waals surface area (Å²) in [5, 5.41) is 13.9. The van der Waals surface area contributed by atoms with Crippen molar-refractivity contribution in [3.8, 4) is 0 Å². The number of hydrogen-bond acceptors (Lipinski definition) is 4. The van der Waals surface area contributed by atoms with E-state index >= 15 is 0 Å². The standard InChI is InChI=1S/C15H18N2O3/c1-16-13(6-9-15-3-2-10-20-15)11-12-4-7-14(8-5-12)17(18)19/h2-5,7-8,10,13,16H,6,9,11H2,1H3. The van der Waals surface area contributed by atoms with Gasteiger partial charge in [0.15, 0.2) is 0 Å². The molecule has 2 aromatic rings. The van der Waals surface area contributed by atoms with Gasteiger partial charge in [0.25, 0.3) is 5.69 Å². The average molecular weight is 274 g/mol. The zero-order valence-corrected chi connectivity index (χ0v) is 11.4. The van der Waals surface area contributed by atoms with Crippen LogP contribution in [0.15, 0.2) is 47.1 Å². The third-order valence-electron chi connectivity index (χ3n) is 3.36. The Balaban J connectivity index is 1.90. The van der Waals surface area contributed by atoms with E-state index in [-0.39, 0.29) is 10.6 Å². The predicted molar refractivity (Wildman–Crippen MR) is 76.7 cm³/mol. The van der Waals surface area contributed by atoms with Crippen molar-refractivity contribution in [3.63, 3.8) is 0 Å². The van der Waals surface area contributed by atoms with Crippen LogP contribution in [-0.4, -0.2) is 18.0 Å². The number of nitrogens with zero attached hydrogens (tertiary/aromatic N) is 1. The first-order valence-electron chi connectivity index (χ1n) is 6.62. The van der Waals surface area contributed by atoms with Gasteiger partial charge in [-0.2, -0.15) is 0 Å². The van der Waals surface area contributed by atoms with Crippen LogP contribution in [0.25, 0.3) is 0 Å². The van der Waals surface area contributed by atoms with Gasteiger partial charge in [-0.1, -0.05) is 12.1 Å². The van der Waals surface area contributed by atoms with Gasteiger partial charge in [0.2, 0.25) is 0 Å². The summed E-state index contributed by atoms with van der Waals surface area (Å²) in [5.41, 5.74) is 1.22. The van der Waals surface area contributed by atoms with Gasteiger partial charge < -0.3 is 9.73 Å². The number of nitro benzene ring substituents is 1. The van der Waals surface area contributed by atoms with Crippen molar-refractivity contribution in [1.29, 1.82) is 0 Å². The second-order valence-corrected chi connectivity index (χ2v) is 4.73. The molecule has 0 aliphatic rings. The van der Waals surface area contributed by atoms with E-state index in [1.807, 2.05) is 31.3 Å². The lowest BCUT2D eigenvalue weighted by molar-refractivity contribution is -0.384. The average Bonchev–Trinajstić information content (AvgIpc) is 2.97. The Labute approximate surface area is 117 Å². The number of rotatable bonds is 7. The lowest BCUT2D eigenvalue weighted by Crippen LogP contribution is -2.28. The van der Waals surface area contributed by atoms with Crippen molar-refractivity contribution in [2.45, 2.75) is 25.3 Å². The maximum absolute atomic E-state index is 10.6. The fraction of sp³-hybridized carbons (Fsp3) is 0.333. The molecule has 5 heteroatoms. The molecule has 0 aliphatic heterocycles. The summed E-state index contributed by atoms with van der Waals surface area (Å²) < 4.78 is 5.32. The minimum Gasteiger partial charge on any atom is -0.469 e. The van der Waals surface area contributed by atoms with E-state index < -0.39 is 0 Å². The van der Waals surface area contributed by atoms with E-state index in [4.69, 9.17) is 4.42 Å². The molecule has 1 heterocycles. The van der Waals surface area contributed by atoms with Crippen LogP contribution in [0.4, 0.5) is 5.69 Å². The second kappa shape index (κ2) is 6.86. The molecule has 0 saturated heterocycles. The lowest BCUT2D eigenvalue weighted by atomic mass is 10.0. The fourth-order valence-corrected chi connectivity index (χ4v) is 2.16. The van der Waals surface area contributed by atoms with Crippen LogP contribution >= 0.6 is 0 Å². The van der Waals surface area contributed by atoms with E-state index in [1.54, 1.807) is 18.4 Å². The highest BCUT2D eigenvalue weighted by Gasteiger charge is 2.10. The summed E-state index contributed by atoms with van der Waals surface area (Å²) in [6.45, 7) is 0. The summed E-state index contributed by atoms with van der Waals surface area (Å²) in [5.74, 6) is 0.981. The van der Waals surface area contributed by atoms with E-state index in [2.05, 4.69) is 5.32 Å². The first-order valence-corrected chi connectivity index (χ1v) is 6.62. The number of furan rings is 1. The first kappa shape index (κ1) is 14.3. The Bertz CT molecular complexity index is 535. The molecular formula is C15H18N2O3. The Hall–Kier alpha value is -2.14. The number of likely N-dealkylation sites (N-methyl/N-ethyl adjacent to an activating group) is 1. The molecule has 20 heavy (non-hydrogen) atoms. The monoisotopic (exact) mass is 274 g/mol. The van der Waals surface area contributed by atoms with Crippen molar-refractivity contribution in [1.82, 2.24) is 5.32 Å². The number of benzene rings is 1. The van der Waals surface area contributed by atoms with Crippen LogP contribution < -0.4 is 5.32 Å². The molecule has 0 amide bonds. The molecule has 0 aliphatic carbocycles. The van der Waals surface area contributed by atoms with Gasteiger partial charge in [0, 0.05) is 24.6 Å². The SMILES string of the molecule is CNC(CCc1ccco1)Cc1ccc([N+](=O)[O-])cc1. The van der Waals surface area contributed by atoms with Gasteiger partial charge in [-0.15, -0.1) is 0 Å². The summed E-state index contributed by atoms with van der Waals surface area (Å²) in [4.78, 5) is 10.2. The Morgan fingerprint density at radius 3 is 2.60 bits per heavy atom. The molecule has 1 aromatic carbocycles. The molecule has 0 bridgehead atoms. The molecule has 1 N–H and O–H groups in total. The van der Waals surface area contributed by atoms with Gasteiger partial charge >= 0.3 is 0 Å². The van der Waals surface area contributed by atoms with Crippen molar-refractivity contribution < 1.29 is 9.34 Å². The zero-order valence-electron chi connectivity index (χ0n) is 11.4. The predicted octanol–water partition coefficient (Wildman–Crippen LogP) is 2.95. The number of nitro groups is 1. The largest absolute Gasteiger partial charge is 0.469 e. The summed E-state index contributed by atoms with van der Waals surface area (Å²) in [7, 11) is 1.93. The maximum Gasteiger partial charge on any atom is 0.269 e. The van der Waals surface area contributed by atoms with Gasteiger partial charge in [0.05, 0.1) is 11.2 Å². The van der Waals surface area contributed by atoms with Gasteiger partial charge in [-0.05, 0) is 37.6 Å². The molecule has 0 radical (unpaired) electrons. The number of non-ortho nitro benzene ring substituents is 1. The molecule has 0 spiro atoms. The van der Waals surface area contributed by atoms with Gasteiger partial charge in [0.1, 0.15) is 5.76 Å².